The molecule has 0 aliphatic carbocycles. The first-order valence-electron chi connectivity index (χ1n) is 11.6. The molecule has 8 heteroatoms. The van der Waals surface area contributed by atoms with E-state index < -0.39 is 0 Å². The van der Waals surface area contributed by atoms with Crippen LogP contribution in [0.25, 0.3) is 5.65 Å². The highest BCUT2D eigenvalue weighted by atomic mass is 16.5. The Morgan fingerprint density at radius 1 is 1.12 bits per heavy atom. The average molecular weight is 437 g/mol. The van der Waals surface area contributed by atoms with Crippen LogP contribution in [0.3, 0.4) is 0 Å². The third kappa shape index (κ3) is 4.11. The Morgan fingerprint density at radius 2 is 1.91 bits per heavy atom. The number of anilines is 1. The zero-order valence-electron chi connectivity index (χ0n) is 19.2. The summed E-state index contributed by atoms with van der Waals surface area (Å²) < 4.78 is 13.5. The molecule has 170 valence electrons. The van der Waals surface area contributed by atoms with Crippen LogP contribution in [0.2, 0.25) is 0 Å². The Labute approximate surface area is 188 Å². The minimum absolute atomic E-state index is 0.00234. The van der Waals surface area contributed by atoms with Crippen molar-refractivity contribution in [2.24, 2.45) is 0 Å². The molecule has 3 unspecified atom stereocenters. The van der Waals surface area contributed by atoms with Gasteiger partial charge in [-0.2, -0.15) is 19.6 Å². The summed E-state index contributed by atoms with van der Waals surface area (Å²) in [5.41, 5.74) is 2.98. The molecule has 2 aliphatic heterocycles. The van der Waals surface area contributed by atoms with E-state index in [-0.39, 0.29) is 12.1 Å². The number of fused-ring (bicyclic) bond motifs is 3. The van der Waals surface area contributed by atoms with Gasteiger partial charge in [0.25, 0.3) is 0 Å². The maximum absolute atomic E-state index is 6.35. The fourth-order valence-corrected chi connectivity index (χ4v) is 4.87. The third-order valence-electron chi connectivity index (χ3n) is 6.64. The maximum atomic E-state index is 6.35. The smallest absolute Gasteiger partial charge is 0.322 e. The molecule has 0 amide bonds. The average Bonchev–Trinajstić information content (AvgIpc) is 3.36. The van der Waals surface area contributed by atoms with E-state index in [1.54, 1.807) is 11.6 Å². The molecule has 4 heterocycles. The molecule has 0 saturated carbocycles. The van der Waals surface area contributed by atoms with Crippen LogP contribution >= 0.6 is 0 Å². The first-order chi connectivity index (χ1) is 15.5. The fourth-order valence-electron chi connectivity index (χ4n) is 4.87. The maximum Gasteiger partial charge on any atom is 0.322 e. The molecule has 2 bridgehead atoms. The Morgan fingerprint density at radius 3 is 2.62 bits per heavy atom. The summed E-state index contributed by atoms with van der Waals surface area (Å²) in [7, 11) is 1.68. The molecule has 8 nitrogen and oxygen atoms in total. The molecule has 2 aliphatic rings. The number of hydrogen-bond acceptors (Lipinski definition) is 7. The SMILES string of the molecule is COc1cccc(C(C)Nc2nc(OC3CC4CCC(C3)N4)nc3c(C(C)C)cnn23)c1. The summed E-state index contributed by atoms with van der Waals surface area (Å²) in [4.78, 5) is 9.53. The number of nitrogens with one attached hydrogen (secondary N) is 2. The van der Waals surface area contributed by atoms with Gasteiger partial charge in [-0.05, 0) is 56.2 Å². The van der Waals surface area contributed by atoms with Crippen molar-refractivity contribution in [2.45, 2.75) is 76.6 Å². The van der Waals surface area contributed by atoms with Crippen molar-refractivity contribution in [3.05, 3.63) is 41.6 Å². The fraction of sp³-hybridized carbons (Fsp3) is 0.542. The number of aromatic nitrogens is 4. The van der Waals surface area contributed by atoms with Gasteiger partial charge in [0.1, 0.15) is 11.9 Å². The predicted octanol–water partition coefficient (Wildman–Crippen LogP) is 4.09. The van der Waals surface area contributed by atoms with E-state index in [2.05, 4.69) is 42.6 Å². The summed E-state index contributed by atoms with van der Waals surface area (Å²) in [6, 6.07) is 9.56. The van der Waals surface area contributed by atoms with Crippen molar-refractivity contribution in [2.75, 3.05) is 12.4 Å². The second-order valence-corrected chi connectivity index (χ2v) is 9.31. The van der Waals surface area contributed by atoms with E-state index in [1.807, 2.05) is 24.4 Å². The zero-order chi connectivity index (χ0) is 22.2. The molecule has 3 atom stereocenters. The number of nitrogens with zero attached hydrogens (tertiary/aromatic N) is 4. The topological polar surface area (TPSA) is 85.6 Å². The molecule has 2 saturated heterocycles. The number of benzene rings is 1. The number of methoxy groups -OCH3 is 1. The number of hydrogen-bond donors (Lipinski definition) is 2. The van der Waals surface area contributed by atoms with Gasteiger partial charge in [0.2, 0.25) is 5.95 Å². The van der Waals surface area contributed by atoms with Crippen molar-refractivity contribution < 1.29 is 9.47 Å². The molecule has 1 aromatic carbocycles. The van der Waals surface area contributed by atoms with Crippen molar-refractivity contribution >= 4 is 11.6 Å². The van der Waals surface area contributed by atoms with Crippen LogP contribution in [-0.2, 0) is 0 Å². The van der Waals surface area contributed by atoms with Crippen molar-refractivity contribution in [1.29, 1.82) is 0 Å². The lowest BCUT2D eigenvalue weighted by Crippen LogP contribution is -2.42. The minimum Gasteiger partial charge on any atom is -0.497 e. The van der Waals surface area contributed by atoms with Gasteiger partial charge in [0, 0.05) is 17.6 Å². The molecular formula is C24H32N6O2. The Bertz CT molecular complexity index is 1090. The highest BCUT2D eigenvalue weighted by Crippen LogP contribution is 2.31. The van der Waals surface area contributed by atoms with Crippen LogP contribution < -0.4 is 20.1 Å². The van der Waals surface area contributed by atoms with Gasteiger partial charge < -0.3 is 20.1 Å². The van der Waals surface area contributed by atoms with Gasteiger partial charge in [0.05, 0.1) is 19.3 Å². The van der Waals surface area contributed by atoms with Gasteiger partial charge in [-0.25, -0.2) is 0 Å². The lowest BCUT2D eigenvalue weighted by Gasteiger charge is -2.28. The summed E-state index contributed by atoms with van der Waals surface area (Å²) in [5.74, 6) is 1.76. The first kappa shape index (κ1) is 21.0. The minimum atomic E-state index is -0.00234. The lowest BCUT2D eigenvalue weighted by atomic mass is 10.0. The van der Waals surface area contributed by atoms with Gasteiger partial charge in [0.15, 0.2) is 5.65 Å². The monoisotopic (exact) mass is 436 g/mol. The molecular weight excluding hydrogens is 404 g/mol. The summed E-state index contributed by atoms with van der Waals surface area (Å²) in [5, 5.41) is 11.8. The number of piperidine rings is 1. The van der Waals surface area contributed by atoms with Crippen LogP contribution in [0, 0.1) is 0 Å². The van der Waals surface area contributed by atoms with Crippen molar-refractivity contribution in [3.8, 4) is 11.8 Å². The van der Waals surface area contributed by atoms with Gasteiger partial charge >= 0.3 is 6.01 Å². The predicted molar refractivity (Wildman–Crippen MR) is 123 cm³/mol. The lowest BCUT2D eigenvalue weighted by molar-refractivity contribution is 0.126. The second kappa shape index (κ2) is 8.58. The molecule has 0 radical (unpaired) electrons. The quantitative estimate of drug-likeness (QED) is 0.577. The molecule has 0 spiro atoms. The molecule has 3 aromatic rings. The van der Waals surface area contributed by atoms with E-state index in [1.165, 1.54) is 12.8 Å². The van der Waals surface area contributed by atoms with E-state index in [9.17, 15) is 0 Å². The standard InChI is InChI=1S/C24H32N6O2/c1-14(2)21-13-25-30-22(21)28-24(32-20-11-17-8-9-18(12-20)27-17)29-23(30)26-15(3)16-6-5-7-19(10-16)31-4/h5-7,10,13-15,17-18,20,27H,8-9,11-12H2,1-4H3,(H,26,28,29). The number of rotatable bonds is 7. The van der Waals surface area contributed by atoms with Crippen molar-refractivity contribution in [3.63, 3.8) is 0 Å². The third-order valence-corrected chi connectivity index (χ3v) is 6.64. The van der Waals surface area contributed by atoms with Gasteiger partial charge in [-0.1, -0.05) is 26.0 Å². The highest BCUT2D eigenvalue weighted by Gasteiger charge is 2.35. The second-order valence-electron chi connectivity index (χ2n) is 9.31. The van der Waals surface area contributed by atoms with Crippen LogP contribution in [-0.4, -0.2) is 44.9 Å². The molecule has 32 heavy (non-hydrogen) atoms. The molecule has 2 N–H and O–H groups in total. The molecule has 2 fully saturated rings. The number of ether oxygens (including phenoxy) is 2. The Hall–Kier alpha value is -2.87. The van der Waals surface area contributed by atoms with E-state index in [0.717, 1.165) is 35.4 Å². The highest BCUT2D eigenvalue weighted by molar-refractivity contribution is 5.53. The van der Waals surface area contributed by atoms with Crippen LogP contribution in [0.15, 0.2) is 30.5 Å². The first-order valence-corrected chi connectivity index (χ1v) is 11.6. The van der Waals surface area contributed by atoms with Gasteiger partial charge in [-0.15, -0.1) is 0 Å². The summed E-state index contributed by atoms with van der Waals surface area (Å²) in [6.45, 7) is 6.40. The van der Waals surface area contributed by atoms with Crippen LogP contribution in [0.1, 0.15) is 69.5 Å². The van der Waals surface area contributed by atoms with Crippen LogP contribution in [0.5, 0.6) is 11.8 Å². The Kier molecular flexibility index (Phi) is 5.63. The van der Waals surface area contributed by atoms with Gasteiger partial charge in [-0.3, -0.25) is 0 Å². The largest absolute Gasteiger partial charge is 0.497 e. The normalized spacial score (nSPS) is 23.5. The Balaban J connectivity index is 1.46. The van der Waals surface area contributed by atoms with E-state index >= 15 is 0 Å². The summed E-state index contributed by atoms with van der Waals surface area (Å²) >= 11 is 0. The van der Waals surface area contributed by atoms with Crippen molar-refractivity contribution in [1.82, 2.24) is 24.9 Å². The van der Waals surface area contributed by atoms with E-state index in [4.69, 9.17) is 19.4 Å². The molecule has 2 aromatic heterocycles. The van der Waals surface area contributed by atoms with E-state index in [0.29, 0.717) is 30.0 Å². The molecule has 5 rings (SSSR count). The zero-order valence-corrected chi connectivity index (χ0v) is 19.2. The summed E-state index contributed by atoms with van der Waals surface area (Å²) in [6.07, 6.45) is 6.49. The van der Waals surface area contributed by atoms with Crippen LogP contribution in [0.4, 0.5) is 5.95 Å².